The molecule has 0 spiro atoms. The summed E-state index contributed by atoms with van der Waals surface area (Å²) in [5.74, 6) is 1.25. The van der Waals surface area contributed by atoms with Crippen molar-refractivity contribution in [3.63, 3.8) is 0 Å². The van der Waals surface area contributed by atoms with Gasteiger partial charge in [0.25, 0.3) is 19.6 Å². The lowest BCUT2D eigenvalue weighted by Crippen LogP contribution is -2.42. The van der Waals surface area contributed by atoms with Gasteiger partial charge in [-0.15, -0.1) is 0 Å². The van der Waals surface area contributed by atoms with Gasteiger partial charge in [0.05, 0.1) is 52.6 Å². The number of aryl methyl sites for hydroxylation is 2. The fourth-order valence-electron chi connectivity index (χ4n) is 9.67. The summed E-state index contributed by atoms with van der Waals surface area (Å²) in [7, 11) is -3.28. The lowest BCUT2D eigenvalue weighted by molar-refractivity contribution is -0.112. The number of benzene rings is 3. The molecule has 5 aromatic rings. The van der Waals surface area contributed by atoms with Crippen molar-refractivity contribution in [3.05, 3.63) is 161 Å². The van der Waals surface area contributed by atoms with E-state index in [-0.39, 0.29) is 68.7 Å². The Morgan fingerprint density at radius 3 is 1.85 bits per heavy atom. The first-order valence-corrected chi connectivity index (χ1v) is 27.4. The molecule has 0 bridgehead atoms. The fourth-order valence-corrected chi connectivity index (χ4v) is 13.0. The second-order valence-electron chi connectivity index (χ2n) is 19.0. The number of phosphoric acid groups is 1. The fraction of sp³-hybridized carbons (Fsp3) is 0.481. The van der Waals surface area contributed by atoms with Crippen molar-refractivity contribution in [2.24, 2.45) is 0 Å². The van der Waals surface area contributed by atoms with Gasteiger partial charge in [0.1, 0.15) is 54.0 Å². The monoisotopic (exact) mass is 1070 g/mol. The molecule has 75 heavy (non-hydrogen) atoms. The summed E-state index contributed by atoms with van der Waals surface area (Å²) in [5.41, 5.74) is -1.13. The Kier molecular flexibility index (Phi) is 17.9. The van der Waals surface area contributed by atoms with Crippen LogP contribution >= 0.6 is 16.3 Å². The Balaban J connectivity index is 1.14. The average Bonchev–Trinajstić information content (AvgIpc) is 4.00. The van der Waals surface area contributed by atoms with Crippen LogP contribution in [0, 0.1) is 25.2 Å². The zero-order valence-corrected chi connectivity index (χ0v) is 44.9. The van der Waals surface area contributed by atoms with E-state index >= 15 is 4.57 Å². The highest BCUT2D eigenvalue weighted by Crippen LogP contribution is 2.59. The van der Waals surface area contributed by atoms with Crippen molar-refractivity contribution >= 4 is 16.3 Å². The lowest BCUT2D eigenvalue weighted by atomic mass is 9.80. The number of H-pyrrole nitrogens is 2. The predicted octanol–water partition coefficient (Wildman–Crippen LogP) is 7.26. The topological polar surface area (TPSA) is 246 Å². The van der Waals surface area contributed by atoms with Crippen LogP contribution in [0.3, 0.4) is 0 Å². The van der Waals surface area contributed by atoms with E-state index in [4.69, 9.17) is 46.3 Å². The van der Waals surface area contributed by atoms with E-state index in [2.05, 4.69) is 20.7 Å². The number of aromatic nitrogens is 4. The van der Waals surface area contributed by atoms with E-state index in [0.717, 1.165) is 16.7 Å². The van der Waals surface area contributed by atoms with Crippen LogP contribution in [0.15, 0.2) is 110 Å². The molecular weight excluding hydrogens is 1010 g/mol. The van der Waals surface area contributed by atoms with E-state index in [9.17, 15) is 24.4 Å². The average molecular weight is 1080 g/mol. The SMILES string of the molecule is COc1ccc(C(OC[C@H]2O[C@@H](n3cc(C)c(=O)[nH]c3=O)C[C@@H]2O[P@@]2(=O)OCCC([C@@H]3O[C@@H](n4cc(C)c(=O)[nH]c4=O)C[C@@H]3OP(OCCC#N)N(C(C)C)C(C)C)O2)(c2ccccc2)c2ccc(OC)cc2)cc1. The van der Waals surface area contributed by atoms with Gasteiger partial charge in [-0.1, -0.05) is 54.6 Å². The Hall–Kier alpha value is -5.59. The quantitative estimate of drug-likeness (QED) is 0.0417. The molecule has 3 aromatic carbocycles. The smallest absolute Gasteiger partial charge is 0.475 e. The van der Waals surface area contributed by atoms with E-state index in [1.54, 1.807) is 28.1 Å². The summed E-state index contributed by atoms with van der Waals surface area (Å²) in [4.78, 5) is 56.4. The number of hydrogen-bond acceptors (Lipinski definition) is 17. The van der Waals surface area contributed by atoms with Gasteiger partial charge in [0.15, 0.2) is 0 Å². The second kappa shape index (κ2) is 24.2. The van der Waals surface area contributed by atoms with Gasteiger partial charge >= 0.3 is 19.2 Å². The van der Waals surface area contributed by atoms with Crippen LogP contribution < -0.4 is 32.0 Å². The van der Waals surface area contributed by atoms with Gasteiger partial charge in [-0.25, -0.2) is 18.8 Å². The molecule has 3 aliphatic rings. The van der Waals surface area contributed by atoms with Gasteiger partial charge < -0.3 is 32.7 Å². The first-order valence-electron chi connectivity index (χ1n) is 24.8. The lowest BCUT2D eigenvalue weighted by Gasteiger charge is -2.39. The van der Waals surface area contributed by atoms with Gasteiger partial charge in [0.2, 0.25) is 0 Å². The molecule has 8 rings (SSSR count). The number of ether oxygens (including phenoxy) is 5. The summed E-state index contributed by atoms with van der Waals surface area (Å²) in [6.07, 6.45) is -3.99. The largest absolute Gasteiger partial charge is 0.497 e. The minimum absolute atomic E-state index is 0.0530. The van der Waals surface area contributed by atoms with Crippen LogP contribution in [0.4, 0.5) is 0 Å². The van der Waals surface area contributed by atoms with Crippen LogP contribution in [-0.4, -0.2) is 100 Å². The third-order valence-corrected chi connectivity index (χ3v) is 17.0. The van der Waals surface area contributed by atoms with E-state index in [1.165, 1.54) is 21.5 Å². The molecule has 402 valence electrons. The first-order chi connectivity index (χ1) is 36.0. The molecule has 3 fully saturated rings. The Morgan fingerprint density at radius 1 is 0.787 bits per heavy atom. The Labute approximate surface area is 435 Å². The summed E-state index contributed by atoms with van der Waals surface area (Å²) >= 11 is 0. The van der Waals surface area contributed by atoms with E-state index < -0.39 is 87.4 Å². The maximum Gasteiger partial charge on any atom is 0.475 e. The minimum Gasteiger partial charge on any atom is -0.497 e. The van der Waals surface area contributed by atoms with Crippen LogP contribution in [-0.2, 0) is 47.0 Å². The van der Waals surface area contributed by atoms with Gasteiger partial charge in [-0.3, -0.25) is 42.3 Å². The molecule has 0 saturated carbocycles. The molecule has 2 aromatic heterocycles. The number of rotatable bonds is 21. The number of hydrogen-bond donors (Lipinski definition) is 2. The molecule has 5 heterocycles. The molecule has 23 heteroatoms. The van der Waals surface area contributed by atoms with Crippen molar-refractivity contribution in [1.82, 2.24) is 23.8 Å². The van der Waals surface area contributed by atoms with Crippen LogP contribution in [0.1, 0.15) is 93.7 Å². The number of methoxy groups -OCH3 is 2. The molecule has 0 amide bonds. The van der Waals surface area contributed by atoms with Crippen molar-refractivity contribution < 1.29 is 50.9 Å². The zero-order chi connectivity index (χ0) is 53.6. The molecule has 0 aliphatic carbocycles. The summed E-state index contributed by atoms with van der Waals surface area (Å²) in [6.45, 7) is 10.9. The second-order valence-corrected chi connectivity index (χ2v) is 22.0. The molecule has 3 aliphatic heterocycles. The number of nitrogens with one attached hydrogen (secondary N) is 2. The van der Waals surface area contributed by atoms with E-state index in [0.29, 0.717) is 11.5 Å². The van der Waals surface area contributed by atoms with Crippen molar-refractivity contribution in [2.45, 2.75) is 128 Å². The highest BCUT2D eigenvalue weighted by atomic mass is 31.2. The summed E-state index contributed by atoms with van der Waals surface area (Å²) in [6, 6.07) is 26.5. The molecule has 9 atom stereocenters. The van der Waals surface area contributed by atoms with Gasteiger partial charge in [-0.2, -0.15) is 5.26 Å². The standard InChI is InChI=1S/C52H64N6O15P2/c1-32(2)58(33(3)4)74(67-25-12-24-53)71-43-28-46(57-30-35(6)49(60)55-51(57)62)70-47(43)41-23-26-68-75(63,72-41)73-42-27-45(56-29-34(5)48(59)54-50(56)61)69-44(42)31-66-52(36-13-10-9-11-14-36,37-15-19-39(64-7)20-16-37)38-17-21-40(65-8)22-18-38/h9-11,13-22,29-30,32-33,41-47H,12,23,25-28,31H2,1-8H3,(H,54,59,61)(H,55,60,62)/t41?,42-,43-,44+,45+,46+,47-,74?,75-/m0/s1. The number of phosphoric ester groups is 1. The normalized spacial score (nSPS) is 24.4. The zero-order valence-electron chi connectivity index (χ0n) is 43.1. The van der Waals surface area contributed by atoms with Crippen LogP contribution in [0.25, 0.3) is 0 Å². The summed E-state index contributed by atoms with van der Waals surface area (Å²) < 4.78 is 83.4. The first kappa shape index (κ1) is 55.6. The molecule has 2 unspecified atom stereocenters. The molecule has 3 saturated heterocycles. The number of nitriles is 1. The molecule has 2 N–H and O–H groups in total. The number of nitrogens with zero attached hydrogens (tertiary/aromatic N) is 4. The Morgan fingerprint density at radius 2 is 1.32 bits per heavy atom. The minimum atomic E-state index is -4.59. The van der Waals surface area contributed by atoms with Crippen molar-refractivity contribution in [2.75, 3.05) is 34.0 Å². The molecular formula is C52H64N6O15P2. The highest BCUT2D eigenvalue weighted by Gasteiger charge is 2.52. The molecule has 0 radical (unpaired) electrons. The van der Waals surface area contributed by atoms with Gasteiger partial charge in [0, 0.05) is 54.9 Å². The maximum absolute atomic E-state index is 15.2. The van der Waals surface area contributed by atoms with E-state index in [1.807, 2.05) is 107 Å². The third-order valence-electron chi connectivity index (χ3n) is 13.3. The predicted molar refractivity (Wildman–Crippen MR) is 275 cm³/mol. The van der Waals surface area contributed by atoms with Crippen LogP contribution in [0.5, 0.6) is 11.5 Å². The summed E-state index contributed by atoms with van der Waals surface area (Å²) in [5, 5.41) is 9.40. The number of aromatic amines is 2. The molecule has 21 nitrogen and oxygen atoms in total. The maximum atomic E-state index is 15.2. The van der Waals surface area contributed by atoms with Crippen LogP contribution in [0.2, 0.25) is 0 Å². The van der Waals surface area contributed by atoms with Crippen molar-refractivity contribution in [3.8, 4) is 17.6 Å². The van der Waals surface area contributed by atoms with Gasteiger partial charge in [-0.05, 0) is 82.5 Å². The van der Waals surface area contributed by atoms with Crippen molar-refractivity contribution in [1.29, 1.82) is 5.26 Å². The third kappa shape index (κ3) is 12.3. The highest BCUT2D eigenvalue weighted by molar-refractivity contribution is 7.48. The Bertz CT molecular complexity index is 3010.